The number of ether oxygens (including phenoxy) is 2. The molecule has 1 aromatic rings. The minimum atomic E-state index is -0.393. The number of carbonyl (C=O) groups excluding carboxylic acids is 1. The molecule has 0 aromatic heterocycles. The first-order valence-electron chi connectivity index (χ1n) is 5.23. The summed E-state index contributed by atoms with van der Waals surface area (Å²) >= 11 is 0. The van der Waals surface area contributed by atoms with Gasteiger partial charge in [-0.05, 0) is 13.0 Å². The molecule has 1 atom stereocenters. The van der Waals surface area contributed by atoms with Gasteiger partial charge in [0.15, 0.2) is 0 Å². The van der Waals surface area contributed by atoms with Gasteiger partial charge in [0, 0.05) is 11.6 Å². The summed E-state index contributed by atoms with van der Waals surface area (Å²) in [5, 5.41) is 0. The normalized spacial score (nSPS) is 11.9. The standard InChI is InChI=1S/C12H17NO3/c1-3-16-11-7-5-4-6-9(11)10(13)8-12(14)15-2/h4-7,10H,3,8,13H2,1-2H3/t10-/m1/s1. The predicted octanol–water partition coefficient (Wildman–Crippen LogP) is 1.65. The molecule has 0 aliphatic heterocycles. The van der Waals surface area contributed by atoms with E-state index < -0.39 is 6.04 Å². The van der Waals surface area contributed by atoms with Crippen LogP contribution in [0.2, 0.25) is 0 Å². The number of rotatable bonds is 5. The number of nitrogens with two attached hydrogens (primary N) is 1. The van der Waals surface area contributed by atoms with Crippen LogP contribution in [0.3, 0.4) is 0 Å². The van der Waals surface area contributed by atoms with Crippen LogP contribution in [0, 0.1) is 0 Å². The van der Waals surface area contributed by atoms with E-state index in [-0.39, 0.29) is 12.4 Å². The number of esters is 1. The molecule has 16 heavy (non-hydrogen) atoms. The van der Waals surface area contributed by atoms with E-state index in [0.717, 1.165) is 11.3 Å². The first-order chi connectivity index (χ1) is 7.69. The van der Waals surface area contributed by atoms with E-state index in [1.165, 1.54) is 7.11 Å². The third kappa shape index (κ3) is 3.24. The van der Waals surface area contributed by atoms with E-state index in [4.69, 9.17) is 10.5 Å². The summed E-state index contributed by atoms with van der Waals surface area (Å²) in [5.41, 5.74) is 6.75. The zero-order valence-electron chi connectivity index (χ0n) is 9.60. The molecular weight excluding hydrogens is 206 g/mol. The van der Waals surface area contributed by atoms with Crippen LogP contribution in [0.25, 0.3) is 0 Å². The Morgan fingerprint density at radius 2 is 2.12 bits per heavy atom. The maximum atomic E-state index is 11.1. The van der Waals surface area contributed by atoms with Crippen molar-refractivity contribution < 1.29 is 14.3 Å². The lowest BCUT2D eigenvalue weighted by Gasteiger charge is -2.15. The molecule has 0 radical (unpaired) electrons. The van der Waals surface area contributed by atoms with E-state index in [1.807, 2.05) is 31.2 Å². The molecule has 88 valence electrons. The quantitative estimate of drug-likeness (QED) is 0.771. The minimum absolute atomic E-state index is 0.153. The second-order valence-electron chi connectivity index (χ2n) is 3.36. The Hall–Kier alpha value is -1.55. The topological polar surface area (TPSA) is 61.5 Å². The molecule has 0 amide bonds. The van der Waals surface area contributed by atoms with Gasteiger partial charge in [-0.25, -0.2) is 0 Å². The van der Waals surface area contributed by atoms with Gasteiger partial charge in [-0.15, -0.1) is 0 Å². The number of carbonyl (C=O) groups is 1. The van der Waals surface area contributed by atoms with Crippen LogP contribution >= 0.6 is 0 Å². The van der Waals surface area contributed by atoms with Crippen molar-refractivity contribution in [2.45, 2.75) is 19.4 Å². The fraction of sp³-hybridized carbons (Fsp3) is 0.417. The van der Waals surface area contributed by atoms with Gasteiger partial charge in [0.05, 0.1) is 20.1 Å². The van der Waals surface area contributed by atoms with Crippen LogP contribution in [0.4, 0.5) is 0 Å². The SMILES string of the molecule is CCOc1ccccc1[C@H](N)CC(=O)OC. The number of para-hydroxylation sites is 1. The van der Waals surface area contributed by atoms with E-state index >= 15 is 0 Å². The molecule has 2 N–H and O–H groups in total. The summed E-state index contributed by atoms with van der Waals surface area (Å²) in [4.78, 5) is 11.1. The second kappa shape index (κ2) is 6.12. The molecule has 0 bridgehead atoms. The molecule has 1 rings (SSSR count). The second-order valence-corrected chi connectivity index (χ2v) is 3.36. The molecule has 0 heterocycles. The van der Waals surface area contributed by atoms with Crippen LogP contribution in [0.5, 0.6) is 5.75 Å². The van der Waals surface area contributed by atoms with Gasteiger partial charge in [0.25, 0.3) is 0 Å². The van der Waals surface area contributed by atoms with Gasteiger partial charge >= 0.3 is 5.97 Å². The van der Waals surface area contributed by atoms with Crippen molar-refractivity contribution in [2.24, 2.45) is 5.73 Å². The molecule has 4 nitrogen and oxygen atoms in total. The fourth-order valence-electron chi connectivity index (χ4n) is 1.45. The molecule has 0 fully saturated rings. The van der Waals surface area contributed by atoms with Gasteiger partial charge in [-0.2, -0.15) is 0 Å². The van der Waals surface area contributed by atoms with Gasteiger partial charge in [0.2, 0.25) is 0 Å². The average molecular weight is 223 g/mol. The Morgan fingerprint density at radius 3 is 2.75 bits per heavy atom. The summed E-state index contributed by atoms with van der Waals surface area (Å²) in [6.45, 7) is 2.48. The Labute approximate surface area is 95.3 Å². The molecule has 0 saturated carbocycles. The summed E-state index contributed by atoms with van der Waals surface area (Å²) in [6, 6.07) is 7.05. The number of benzene rings is 1. The van der Waals surface area contributed by atoms with Gasteiger partial charge in [-0.1, -0.05) is 18.2 Å². The first-order valence-corrected chi connectivity index (χ1v) is 5.23. The van der Waals surface area contributed by atoms with Crippen molar-refractivity contribution in [3.8, 4) is 5.75 Å². The van der Waals surface area contributed by atoms with Crippen molar-refractivity contribution in [3.05, 3.63) is 29.8 Å². The lowest BCUT2D eigenvalue weighted by Crippen LogP contribution is -2.17. The lowest BCUT2D eigenvalue weighted by atomic mass is 10.0. The smallest absolute Gasteiger partial charge is 0.307 e. The summed E-state index contributed by atoms with van der Waals surface area (Å²) < 4.78 is 10.0. The highest BCUT2D eigenvalue weighted by Gasteiger charge is 2.15. The lowest BCUT2D eigenvalue weighted by molar-refractivity contribution is -0.141. The molecule has 0 saturated heterocycles. The molecule has 0 aliphatic rings. The molecule has 0 unspecified atom stereocenters. The third-order valence-corrected chi connectivity index (χ3v) is 2.23. The van der Waals surface area contributed by atoms with Crippen LogP contribution in [0.15, 0.2) is 24.3 Å². The number of hydrogen-bond acceptors (Lipinski definition) is 4. The molecule has 0 spiro atoms. The summed E-state index contributed by atoms with van der Waals surface area (Å²) in [5.74, 6) is 0.403. The maximum Gasteiger partial charge on any atom is 0.307 e. The average Bonchev–Trinajstić information content (AvgIpc) is 2.30. The Balaban J connectivity index is 2.81. The maximum absolute atomic E-state index is 11.1. The Bertz CT molecular complexity index is 352. The van der Waals surface area contributed by atoms with E-state index in [2.05, 4.69) is 4.74 Å². The third-order valence-electron chi connectivity index (χ3n) is 2.23. The highest BCUT2D eigenvalue weighted by molar-refractivity contribution is 5.70. The predicted molar refractivity (Wildman–Crippen MR) is 61.2 cm³/mol. The highest BCUT2D eigenvalue weighted by Crippen LogP contribution is 2.25. The fourth-order valence-corrected chi connectivity index (χ4v) is 1.45. The van der Waals surface area contributed by atoms with Crippen molar-refractivity contribution in [1.82, 2.24) is 0 Å². The zero-order valence-corrected chi connectivity index (χ0v) is 9.60. The first kappa shape index (κ1) is 12.5. The van der Waals surface area contributed by atoms with Crippen molar-refractivity contribution in [1.29, 1.82) is 0 Å². The van der Waals surface area contributed by atoms with Gasteiger partial charge in [0.1, 0.15) is 5.75 Å². The minimum Gasteiger partial charge on any atom is -0.494 e. The van der Waals surface area contributed by atoms with Gasteiger partial charge in [-0.3, -0.25) is 4.79 Å². The van der Waals surface area contributed by atoms with Crippen molar-refractivity contribution in [2.75, 3.05) is 13.7 Å². The Morgan fingerprint density at radius 1 is 1.44 bits per heavy atom. The van der Waals surface area contributed by atoms with Crippen LogP contribution in [-0.4, -0.2) is 19.7 Å². The van der Waals surface area contributed by atoms with E-state index in [0.29, 0.717) is 6.61 Å². The Kier molecular flexibility index (Phi) is 4.79. The highest BCUT2D eigenvalue weighted by atomic mass is 16.5. The largest absolute Gasteiger partial charge is 0.494 e. The van der Waals surface area contributed by atoms with Crippen LogP contribution in [-0.2, 0) is 9.53 Å². The van der Waals surface area contributed by atoms with E-state index in [1.54, 1.807) is 0 Å². The monoisotopic (exact) mass is 223 g/mol. The molecule has 4 heteroatoms. The van der Waals surface area contributed by atoms with Gasteiger partial charge < -0.3 is 15.2 Å². The van der Waals surface area contributed by atoms with Crippen molar-refractivity contribution in [3.63, 3.8) is 0 Å². The van der Waals surface area contributed by atoms with Crippen LogP contribution < -0.4 is 10.5 Å². The van der Waals surface area contributed by atoms with E-state index in [9.17, 15) is 4.79 Å². The zero-order chi connectivity index (χ0) is 12.0. The van der Waals surface area contributed by atoms with Crippen LogP contribution in [0.1, 0.15) is 24.9 Å². The summed E-state index contributed by atoms with van der Waals surface area (Å²) in [7, 11) is 1.35. The molecule has 1 aromatic carbocycles. The summed E-state index contributed by atoms with van der Waals surface area (Å²) in [6.07, 6.45) is 0.153. The molecular formula is C12H17NO3. The number of hydrogen-bond donors (Lipinski definition) is 1. The van der Waals surface area contributed by atoms with Crippen molar-refractivity contribution >= 4 is 5.97 Å². The number of methoxy groups -OCH3 is 1. The molecule has 0 aliphatic carbocycles.